The van der Waals surface area contributed by atoms with E-state index in [2.05, 4.69) is 26.4 Å². The Hall–Kier alpha value is -4.29. The maximum absolute atomic E-state index is 13.2. The molecule has 1 atom stereocenters. The summed E-state index contributed by atoms with van der Waals surface area (Å²) >= 11 is 0. The van der Waals surface area contributed by atoms with E-state index in [1.165, 1.54) is 41.0 Å². The number of nitrogens with one attached hydrogen (secondary N) is 4. The highest BCUT2D eigenvalue weighted by atomic mass is 16.2. The third-order valence-corrected chi connectivity index (χ3v) is 8.85. The van der Waals surface area contributed by atoms with Crippen LogP contribution in [0.4, 0.5) is 5.69 Å². The molecule has 0 aliphatic heterocycles. The summed E-state index contributed by atoms with van der Waals surface area (Å²) in [5.41, 5.74) is -0.609. The van der Waals surface area contributed by atoms with E-state index in [4.69, 9.17) is 0 Å². The van der Waals surface area contributed by atoms with Gasteiger partial charge in [0.2, 0.25) is 17.6 Å². The first-order chi connectivity index (χ1) is 20.1. The molecule has 4 N–H and O–H groups in total. The lowest BCUT2D eigenvalue weighted by Gasteiger charge is -2.54. The smallest absolute Gasteiger partial charge is 0.287 e. The Kier molecular flexibility index (Phi) is 8.55. The van der Waals surface area contributed by atoms with Crippen molar-refractivity contribution in [2.45, 2.75) is 63.6 Å². The molecule has 0 saturated heterocycles. The van der Waals surface area contributed by atoms with Crippen LogP contribution < -0.4 is 26.8 Å². The minimum absolute atomic E-state index is 0.0557. The number of amides is 4. The summed E-state index contributed by atoms with van der Waals surface area (Å²) < 4.78 is 2.66. The monoisotopic (exact) mass is 579 g/mol. The van der Waals surface area contributed by atoms with Gasteiger partial charge < -0.3 is 25.8 Å². The van der Waals surface area contributed by atoms with Crippen LogP contribution in [0.3, 0.4) is 0 Å². The van der Waals surface area contributed by atoms with Crippen molar-refractivity contribution in [3.63, 3.8) is 0 Å². The van der Waals surface area contributed by atoms with E-state index in [9.17, 15) is 28.8 Å². The molecule has 2 aromatic heterocycles. The Morgan fingerprint density at radius 2 is 1.69 bits per heavy atom. The molecule has 2 heterocycles. The van der Waals surface area contributed by atoms with E-state index in [1.807, 2.05) is 0 Å². The molecule has 0 radical (unpaired) electrons. The first-order valence-corrected chi connectivity index (χ1v) is 14.5. The van der Waals surface area contributed by atoms with E-state index in [0.717, 1.165) is 37.5 Å². The van der Waals surface area contributed by atoms with Crippen molar-refractivity contribution in [3.8, 4) is 0 Å². The zero-order valence-electron chi connectivity index (χ0n) is 23.8. The van der Waals surface area contributed by atoms with Gasteiger partial charge in [0.15, 0.2) is 0 Å². The second kappa shape index (κ2) is 12.3. The first-order valence-electron chi connectivity index (χ1n) is 14.5. The van der Waals surface area contributed by atoms with Gasteiger partial charge in [0, 0.05) is 39.0 Å². The van der Waals surface area contributed by atoms with Crippen molar-refractivity contribution in [2.24, 2.45) is 30.7 Å². The molecule has 224 valence electrons. The lowest BCUT2D eigenvalue weighted by molar-refractivity contribution is -0.137. The Morgan fingerprint density at radius 1 is 1.00 bits per heavy atom. The van der Waals surface area contributed by atoms with Gasteiger partial charge in [-0.2, -0.15) is 5.10 Å². The van der Waals surface area contributed by atoms with Crippen molar-refractivity contribution in [1.29, 1.82) is 0 Å². The van der Waals surface area contributed by atoms with Crippen molar-refractivity contribution in [3.05, 3.63) is 46.6 Å². The number of Topliss-reactive ketones (excluding diaryl/α,β-unsaturated/α-hetero) is 1. The number of pyridine rings is 1. The lowest BCUT2D eigenvalue weighted by Crippen LogP contribution is -2.56. The fourth-order valence-electron chi connectivity index (χ4n) is 7.09. The SMILES string of the molecule is CNC(=O)C(=O)CC[C@H](NC(=O)c1ccn(C)n1)C(=O)Nc1cccn(CC(=O)NC2C3CC4CC(C3)CC2C4)c1=O. The van der Waals surface area contributed by atoms with Crippen molar-refractivity contribution in [2.75, 3.05) is 12.4 Å². The molecule has 4 fully saturated rings. The summed E-state index contributed by atoms with van der Waals surface area (Å²) in [4.78, 5) is 75.9. The predicted molar refractivity (Wildman–Crippen MR) is 151 cm³/mol. The summed E-state index contributed by atoms with van der Waals surface area (Å²) in [6.07, 6.45) is 8.49. The molecule has 4 amide bonds. The van der Waals surface area contributed by atoms with E-state index < -0.39 is 35.1 Å². The van der Waals surface area contributed by atoms with Crippen LogP contribution in [0.2, 0.25) is 0 Å². The lowest BCUT2D eigenvalue weighted by atomic mass is 9.54. The van der Waals surface area contributed by atoms with Crippen LogP contribution >= 0.6 is 0 Å². The Labute approximate surface area is 242 Å². The van der Waals surface area contributed by atoms with Gasteiger partial charge in [-0.25, -0.2) is 0 Å². The predicted octanol–water partition coefficient (Wildman–Crippen LogP) is 0.355. The molecule has 42 heavy (non-hydrogen) atoms. The topological polar surface area (TPSA) is 173 Å². The zero-order chi connectivity index (χ0) is 30.0. The van der Waals surface area contributed by atoms with Crippen LogP contribution in [0.15, 0.2) is 35.4 Å². The summed E-state index contributed by atoms with van der Waals surface area (Å²) in [5.74, 6) is -0.663. The van der Waals surface area contributed by atoms with Gasteiger partial charge in [-0.15, -0.1) is 0 Å². The fraction of sp³-hybridized carbons (Fsp3) is 0.552. The number of aromatic nitrogens is 3. The number of rotatable bonds is 11. The minimum atomic E-state index is -1.25. The number of aryl methyl sites for hydroxylation is 1. The third-order valence-electron chi connectivity index (χ3n) is 8.85. The largest absolute Gasteiger partial charge is 0.353 e. The normalized spacial score (nSPS) is 24.5. The number of anilines is 1. The molecule has 4 aliphatic carbocycles. The Balaban J connectivity index is 1.24. The average molecular weight is 580 g/mol. The molecule has 2 aromatic rings. The van der Waals surface area contributed by atoms with Crippen LogP contribution in [0.1, 0.15) is 55.4 Å². The highest BCUT2D eigenvalue weighted by Crippen LogP contribution is 2.53. The van der Waals surface area contributed by atoms with Gasteiger partial charge in [-0.3, -0.25) is 33.4 Å². The van der Waals surface area contributed by atoms with Crippen LogP contribution in [-0.2, 0) is 32.8 Å². The molecule has 0 spiro atoms. The van der Waals surface area contributed by atoms with Crippen molar-refractivity contribution in [1.82, 2.24) is 30.3 Å². The van der Waals surface area contributed by atoms with E-state index >= 15 is 0 Å². The van der Waals surface area contributed by atoms with Crippen molar-refractivity contribution < 1.29 is 24.0 Å². The van der Waals surface area contributed by atoms with Crippen LogP contribution in [-0.4, -0.2) is 62.9 Å². The van der Waals surface area contributed by atoms with Gasteiger partial charge in [-0.05, 0) is 80.4 Å². The molecule has 13 heteroatoms. The van der Waals surface area contributed by atoms with Gasteiger partial charge >= 0.3 is 0 Å². The number of ketones is 1. The van der Waals surface area contributed by atoms with Gasteiger partial charge in [-0.1, -0.05) is 0 Å². The second-order valence-corrected chi connectivity index (χ2v) is 11.8. The number of carbonyl (C=O) groups is 5. The second-order valence-electron chi connectivity index (χ2n) is 11.8. The summed E-state index contributed by atoms with van der Waals surface area (Å²) in [7, 11) is 2.95. The van der Waals surface area contributed by atoms with Gasteiger partial charge in [0.1, 0.15) is 24.0 Å². The van der Waals surface area contributed by atoms with Crippen LogP contribution in [0.5, 0.6) is 0 Å². The number of likely N-dealkylation sites (N-methyl/N-ethyl adjacent to an activating group) is 1. The van der Waals surface area contributed by atoms with Crippen molar-refractivity contribution >= 4 is 35.1 Å². The quantitative estimate of drug-likeness (QED) is 0.278. The van der Waals surface area contributed by atoms with E-state index in [1.54, 1.807) is 19.3 Å². The molecular formula is C29H37N7O6. The average Bonchev–Trinajstić information content (AvgIpc) is 3.40. The third kappa shape index (κ3) is 6.44. The summed E-state index contributed by atoms with van der Waals surface area (Å²) in [5, 5.41) is 14.5. The molecule has 6 rings (SSSR count). The standard InChI is InChI=1S/C29H37N7O6/c1-30-28(41)23(37)6-5-20(31-27(40)21-7-9-35(2)34-21)26(39)32-22-4-3-8-36(29(22)42)15-24(38)33-25-18-11-16-10-17(13-18)14-19(25)12-16/h3-4,7-9,16-20,25H,5-6,10-15H2,1-2H3,(H,30,41)(H,31,40)(H,32,39)(H,33,38)/t16?,17?,18?,19?,20-,25?/m0/s1. The van der Waals surface area contributed by atoms with Gasteiger partial charge in [0.25, 0.3) is 17.4 Å². The number of carbonyl (C=O) groups excluding carboxylic acids is 5. The van der Waals surface area contributed by atoms with E-state index in [-0.39, 0.29) is 42.7 Å². The molecule has 0 unspecified atom stereocenters. The number of nitrogens with zero attached hydrogens (tertiary/aromatic N) is 3. The van der Waals surface area contributed by atoms with Crippen LogP contribution in [0.25, 0.3) is 0 Å². The molecule has 4 aliphatic rings. The molecule has 13 nitrogen and oxygen atoms in total. The number of hydrogen-bond acceptors (Lipinski definition) is 7. The molecular weight excluding hydrogens is 542 g/mol. The highest BCUT2D eigenvalue weighted by molar-refractivity contribution is 6.36. The molecule has 4 bridgehead atoms. The zero-order valence-corrected chi connectivity index (χ0v) is 23.8. The molecule has 4 saturated carbocycles. The van der Waals surface area contributed by atoms with E-state index in [0.29, 0.717) is 11.8 Å². The fourth-order valence-corrected chi connectivity index (χ4v) is 7.09. The summed E-state index contributed by atoms with van der Waals surface area (Å²) in [6.45, 7) is -0.189. The van der Waals surface area contributed by atoms with Crippen LogP contribution in [0, 0.1) is 23.7 Å². The Bertz CT molecular complexity index is 1420. The highest BCUT2D eigenvalue weighted by Gasteiger charge is 2.48. The first kappa shape index (κ1) is 29.2. The maximum atomic E-state index is 13.2. The Morgan fingerprint density at radius 3 is 2.31 bits per heavy atom. The maximum Gasteiger partial charge on any atom is 0.287 e. The number of hydrogen-bond donors (Lipinski definition) is 4. The molecule has 0 aromatic carbocycles. The van der Waals surface area contributed by atoms with Gasteiger partial charge in [0.05, 0.1) is 0 Å². The minimum Gasteiger partial charge on any atom is -0.353 e. The summed E-state index contributed by atoms with van der Waals surface area (Å²) in [6, 6.07) is 3.31.